The summed E-state index contributed by atoms with van der Waals surface area (Å²) in [6.45, 7) is 0.963. The zero-order valence-electron chi connectivity index (χ0n) is 16.6. The minimum Gasteiger partial charge on any atom is -0.508 e. The van der Waals surface area contributed by atoms with Crippen LogP contribution in [-0.4, -0.2) is 32.9 Å². The van der Waals surface area contributed by atoms with E-state index in [1.807, 2.05) is 4.57 Å². The van der Waals surface area contributed by atoms with Crippen molar-refractivity contribution in [3.63, 3.8) is 0 Å². The van der Waals surface area contributed by atoms with Crippen LogP contribution in [0.25, 0.3) is 11.0 Å². The highest BCUT2D eigenvalue weighted by Gasteiger charge is 2.25. The van der Waals surface area contributed by atoms with E-state index in [9.17, 15) is 18.3 Å². The molecule has 4 aromatic rings. The number of ether oxygens (including phenoxy) is 1. The predicted octanol–water partition coefficient (Wildman–Crippen LogP) is 5.00. The van der Waals surface area contributed by atoms with E-state index in [4.69, 9.17) is 4.74 Å². The van der Waals surface area contributed by atoms with Gasteiger partial charge in [-0.3, -0.25) is 0 Å². The first-order chi connectivity index (χ1) is 15.5. The Morgan fingerprint density at radius 1 is 1.03 bits per heavy atom. The van der Waals surface area contributed by atoms with Crippen molar-refractivity contribution in [3.8, 4) is 5.75 Å². The molecule has 3 heterocycles. The molecule has 2 aromatic carbocycles. The summed E-state index contributed by atoms with van der Waals surface area (Å²) in [6.07, 6.45) is 2.24. The molecule has 0 unspecified atom stereocenters. The first kappa shape index (κ1) is 20.1. The van der Waals surface area contributed by atoms with Crippen molar-refractivity contribution in [2.75, 3.05) is 23.8 Å². The molecule has 1 atom stereocenters. The van der Waals surface area contributed by atoms with Crippen LogP contribution in [0.4, 0.5) is 36.3 Å². The molecule has 7 nitrogen and oxygen atoms in total. The first-order valence-corrected chi connectivity index (χ1v) is 9.91. The molecule has 0 aliphatic carbocycles. The fraction of sp³-hybridized carbons (Fsp3) is 0.182. The van der Waals surface area contributed by atoms with Gasteiger partial charge >= 0.3 is 0 Å². The third kappa shape index (κ3) is 3.80. The van der Waals surface area contributed by atoms with Crippen LogP contribution in [0.5, 0.6) is 5.75 Å². The summed E-state index contributed by atoms with van der Waals surface area (Å²) < 4.78 is 49.1. The molecule has 1 aliphatic rings. The molecular weight excluding hydrogens is 423 g/mol. The summed E-state index contributed by atoms with van der Waals surface area (Å²) in [5.41, 5.74) is 1.43. The van der Waals surface area contributed by atoms with Crippen LogP contribution in [0.1, 0.15) is 12.5 Å². The van der Waals surface area contributed by atoms with Crippen molar-refractivity contribution in [1.82, 2.24) is 14.5 Å². The maximum atomic E-state index is 14.3. The molecule has 3 N–H and O–H groups in total. The van der Waals surface area contributed by atoms with Crippen LogP contribution in [0.3, 0.4) is 0 Å². The summed E-state index contributed by atoms with van der Waals surface area (Å²) in [5.74, 6) is -2.25. The fourth-order valence-corrected chi connectivity index (χ4v) is 3.72. The highest BCUT2D eigenvalue weighted by molar-refractivity contribution is 5.82. The average Bonchev–Trinajstić information content (AvgIpc) is 3.39. The molecular formula is C22H18F3N5O2. The zero-order chi connectivity index (χ0) is 22.2. The highest BCUT2D eigenvalue weighted by Crippen LogP contribution is 2.33. The molecule has 164 valence electrons. The molecule has 32 heavy (non-hydrogen) atoms. The van der Waals surface area contributed by atoms with Crippen LogP contribution >= 0.6 is 0 Å². The number of fused-ring (bicyclic) bond motifs is 1. The smallest absolute Gasteiger partial charge is 0.208 e. The number of hydrogen-bond acceptors (Lipinski definition) is 6. The predicted molar refractivity (Wildman–Crippen MR) is 113 cm³/mol. The van der Waals surface area contributed by atoms with Gasteiger partial charge in [-0.1, -0.05) is 0 Å². The van der Waals surface area contributed by atoms with Gasteiger partial charge in [-0.25, -0.2) is 23.1 Å². The Morgan fingerprint density at radius 2 is 1.78 bits per heavy atom. The largest absolute Gasteiger partial charge is 0.508 e. The number of phenols is 1. The van der Waals surface area contributed by atoms with Gasteiger partial charge in [0.2, 0.25) is 5.95 Å². The van der Waals surface area contributed by atoms with Gasteiger partial charge in [0.15, 0.2) is 11.6 Å². The van der Waals surface area contributed by atoms with Gasteiger partial charge in [0.1, 0.15) is 28.6 Å². The standard InChI is InChI=1S/C22H18F3N5O2/c23-12-7-16(24)21(17(25)8-12)29-22-28-18-10-26-20(27-13-1-3-15(31)4-2-13)9-19(18)30(22)14-5-6-32-11-14/h1-4,7-10,14,31H,5-6,11H2,(H,26,27)(H,28,29)/t14-/m0/s1. The average molecular weight is 441 g/mol. The Hall–Kier alpha value is -3.79. The van der Waals surface area contributed by atoms with E-state index in [0.717, 1.165) is 5.69 Å². The van der Waals surface area contributed by atoms with Gasteiger partial charge in [0.25, 0.3) is 0 Å². The van der Waals surface area contributed by atoms with E-state index >= 15 is 0 Å². The van der Waals surface area contributed by atoms with Gasteiger partial charge in [-0.05, 0) is 30.7 Å². The molecule has 0 bridgehead atoms. The lowest BCUT2D eigenvalue weighted by Crippen LogP contribution is -2.13. The fourth-order valence-electron chi connectivity index (χ4n) is 3.72. The van der Waals surface area contributed by atoms with Crippen molar-refractivity contribution < 1.29 is 23.0 Å². The van der Waals surface area contributed by atoms with Gasteiger partial charge in [-0.2, -0.15) is 0 Å². The Kier molecular flexibility index (Phi) is 5.06. The summed E-state index contributed by atoms with van der Waals surface area (Å²) in [4.78, 5) is 8.82. The number of hydrogen-bond donors (Lipinski definition) is 3. The summed E-state index contributed by atoms with van der Waals surface area (Å²) >= 11 is 0. The van der Waals surface area contributed by atoms with E-state index in [1.165, 1.54) is 0 Å². The molecule has 1 saturated heterocycles. The minimum atomic E-state index is -1.06. The summed E-state index contributed by atoms with van der Waals surface area (Å²) in [7, 11) is 0. The van der Waals surface area contributed by atoms with Crippen LogP contribution in [-0.2, 0) is 4.74 Å². The number of pyridine rings is 1. The first-order valence-electron chi connectivity index (χ1n) is 9.91. The molecule has 5 rings (SSSR count). The van der Waals surface area contributed by atoms with E-state index in [0.29, 0.717) is 48.6 Å². The molecule has 1 fully saturated rings. The maximum Gasteiger partial charge on any atom is 0.208 e. The van der Waals surface area contributed by atoms with Crippen LogP contribution in [0.15, 0.2) is 48.7 Å². The minimum absolute atomic E-state index is 0.113. The van der Waals surface area contributed by atoms with Crippen molar-refractivity contribution in [2.45, 2.75) is 12.5 Å². The van der Waals surface area contributed by atoms with Crippen LogP contribution in [0.2, 0.25) is 0 Å². The van der Waals surface area contributed by atoms with E-state index in [-0.39, 0.29) is 17.7 Å². The summed E-state index contributed by atoms with van der Waals surface area (Å²) in [6, 6.07) is 9.39. The van der Waals surface area contributed by atoms with E-state index < -0.39 is 23.1 Å². The number of imidazole rings is 1. The molecule has 2 aromatic heterocycles. The number of phenolic OH excluding ortho intramolecular Hbond substituents is 1. The van der Waals surface area contributed by atoms with Gasteiger partial charge in [-0.15, -0.1) is 0 Å². The molecule has 10 heteroatoms. The number of benzene rings is 2. The van der Waals surface area contributed by atoms with E-state index in [1.54, 1.807) is 36.5 Å². The number of rotatable bonds is 5. The number of nitrogens with zero attached hydrogens (tertiary/aromatic N) is 3. The maximum absolute atomic E-state index is 14.3. The molecule has 0 spiro atoms. The van der Waals surface area contributed by atoms with E-state index in [2.05, 4.69) is 20.6 Å². The van der Waals surface area contributed by atoms with Gasteiger partial charge < -0.3 is 25.0 Å². The lowest BCUT2D eigenvalue weighted by Gasteiger charge is -2.17. The second-order valence-corrected chi connectivity index (χ2v) is 7.42. The number of nitrogens with one attached hydrogen (secondary N) is 2. The number of aromatic nitrogens is 3. The normalized spacial score (nSPS) is 15.9. The Balaban J connectivity index is 1.57. The molecule has 0 radical (unpaired) electrons. The van der Waals surface area contributed by atoms with Gasteiger partial charge in [0, 0.05) is 30.5 Å². The molecule has 0 saturated carbocycles. The summed E-state index contributed by atoms with van der Waals surface area (Å²) in [5, 5.41) is 15.3. The SMILES string of the molecule is Oc1ccc(Nc2cc3c(cn2)nc(Nc2c(F)cc(F)cc2F)n3[C@H]2CCOC2)cc1. The van der Waals surface area contributed by atoms with Crippen LogP contribution in [0, 0.1) is 17.5 Å². The number of anilines is 4. The third-order valence-electron chi connectivity index (χ3n) is 5.23. The highest BCUT2D eigenvalue weighted by atomic mass is 19.1. The lowest BCUT2D eigenvalue weighted by atomic mass is 10.2. The molecule has 0 amide bonds. The topological polar surface area (TPSA) is 84.2 Å². The second-order valence-electron chi connectivity index (χ2n) is 7.42. The van der Waals surface area contributed by atoms with Crippen molar-refractivity contribution in [3.05, 3.63) is 66.1 Å². The van der Waals surface area contributed by atoms with Crippen LogP contribution < -0.4 is 10.6 Å². The van der Waals surface area contributed by atoms with Crippen molar-refractivity contribution in [1.29, 1.82) is 0 Å². The monoisotopic (exact) mass is 441 g/mol. The number of halogens is 3. The Bertz CT molecular complexity index is 1260. The lowest BCUT2D eigenvalue weighted by molar-refractivity contribution is 0.187. The third-order valence-corrected chi connectivity index (χ3v) is 5.23. The number of aromatic hydroxyl groups is 1. The van der Waals surface area contributed by atoms with Crippen molar-refractivity contribution >= 4 is 34.2 Å². The van der Waals surface area contributed by atoms with Crippen molar-refractivity contribution in [2.24, 2.45) is 0 Å². The Morgan fingerprint density at radius 3 is 2.47 bits per heavy atom. The quantitative estimate of drug-likeness (QED) is 0.378. The second kappa shape index (κ2) is 8.04. The van der Waals surface area contributed by atoms with Gasteiger partial charge in [0.05, 0.1) is 24.4 Å². The Labute approximate surface area is 180 Å². The molecule has 1 aliphatic heterocycles. The zero-order valence-corrected chi connectivity index (χ0v) is 16.6.